The average Bonchev–Trinajstić information content (AvgIpc) is 2.95. The Kier molecular flexibility index (Phi) is 4.65. The van der Waals surface area contributed by atoms with Gasteiger partial charge < -0.3 is 15.4 Å². The van der Waals surface area contributed by atoms with Crippen LogP contribution in [0, 0.1) is 12.7 Å². The second-order valence-corrected chi connectivity index (χ2v) is 5.39. The van der Waals surface area contributed by atoms with Gasteiger partial charge in [0.2, 0.25) is 0 Å². The fraction of sp³-hybridized carbons (Fsp3) is 0.111. The molecule has 7 heteroatoms. The van der Waals surface area contributed by atoms with Crippen LogP contribution in [-0.4, -0.2) is 23.3 Å². The maximum Gasteiger partial charge on any atom is 0.323 e. The van der Waals surface area contributed by atoms with Gasteiger partial charge in [0.1, 0.15) is 17.3 Å². The van der Waals surface area contributed by atoms with E-state index in [4.69, 9.17) is 4.74 Å². The molecule has 3 rings (SSSR count). The first-order chi connectivity index (χ1) is 12.1. The number of aryl methyl sites for hydroxylation is 1. The second kappa shape index (κ2) is 7.04. The van der Waals surface area contributed by atoms with Crippen LogP contribution in [0.4, 0.5) is 20.6 Å². The summed E-state index contributed by atoms with van der Waals surface area (Å²) in [4.78, 5) is 12.2. The standard InChI is InChI=1S/C18H17FN4O2/c1-11-16(21-18(24)20-14-7-4-6-13(19)10-14)17(23-22-11)12-5-3-8-15(9-12)25-2/h3-10H,1-2H3,(H,22,23)(H2,20,21,24). The third kappa shape index (κ3) is 3.77. The molecule has 0 saturated heterocycles. The van der Waals surface area contributed by atoms with E-state index in [1.807, 2.05) is 24.3 Å². The molecule has 128 valence electrons. The monoisotopic (exact) mass is 340 g/mol. The second-order valence-electron chi connectivity index (χ2n) is 5.39. The average molecular weight is 340 g/mol. The Morgan fingerprint density at radius 3 is 2.72 bits per heavy atom. The van der Waals surface area contributed by atoms with E-state index in [2.05, 4.69) is 20.8 Å². The van der Waals surface area contributed by atoms with E-state index in [0.717, 1.165) is 5.56 Å². The number of aromatic amines is 1. The van der Waals surface area contributed by atoms with Crippen LogP contribution < -0.4 is 15.4 Å². The van der Waals surface area contributed by atoms with Crippen molar-refractivity contribution in [3.05, 3.63) is 60.0 Å². The van der Waals surface area contributed by atoms with Crippen molar-refractivity contribution in [3.8, 4) is 17.0 Å². The number of hydrogen-bond acceptors (Lipinski definition) is 3. The summed E-state index contributed by atoms with van der Waals surface area (Å²) in [6.45, 7) is 1.80. The third-order valence-electron chi connectivity index (χ3n) is 3.61. The number of amides is 2. The first-order valence-corrected chi connectivity index (χ1v) is 7.60. The Labute approximate surface area is 144 Å². The zero-order valence-corrected chi connectivity index (χ0v) is 13.8. The van der Waals surface area contributed by atoms with Crippen molar-refractivity contribution in [2.45, 2.75) is 6.92 Å². The number of aromatic nitrogens is 2. The molecule has 3 aromatic rings. The van der Waals surface area contributed by atoms with Crippen molar-refractivity contribution >= 4 is 17.4 Å². The Morgan fingerprint density at radius 1 is 1.16 bits per heavy atom. The van der Waals surface area contributed by atoms with E-state index in [1.54, 1.807) is 20.1 Å². The highest BCUT2D eigenvalue weighted by molar-refractivity contribution is 6.02. The topological polar surface area (TPSA) is 79.0 Å². The molecule has 1 aromatic heterocycles. The molecule has 2 amide bonds. The number of benzene rings is 2. The fourth-order valence-electron chi connectivity index (χ4n) is 2.40. The van der Waals surface area contributed by atoms with E-state index < -0.39 is 11.8 Å². The molecule has 3 N–H and O–H groups in total. The van der Waals surface area contributed by atoms with Gasteiger partial charge in [-0.05, 0) is 37.3 Å². The van der Waals surface area contributed by atoms with Gasteiger partial charge in [0, 0.05) is 11.3 Å². The predicted molar refractivity (Wildman–Crippen MR) is 94.4 cm³/mol. The Bertz CT molecular complexity index is 908. The van der Waals surface area contributed by atoms with Crippen molar-refractivity contribution in [1.82, 2.24) is 10.2 Å². The molecular formula is C18H17FN4O2. The summed E-state index contributed by atoms with van der Waals surface area (Å²) in [5.41, 5.74) is 2.99. The maximum atomic E-state index is 13.2. The van der Waals surface area contributed by atoms with Crippen LogP contribution in [0.15, 0.2) is 48.5 Å². The summed E-state index contributed by atoms with van der Waals surface area (Å²) in [6.07, 6.45) is 0. The molecule has 2 aromatic carbocycles. The quantitative estimate of drug-likeness (QED) is 0.667. The number of nitrogens with zero attached hydrogens (tertiary/aromatic N) is 1. The van der Waals surface area contributed by atoms with Crippen LogP contribution in [0.1, 0.15) is 5.69 Å². The molecule has 25 heavy (non-hydrogen) atoms. The minimum atomic E-state index is -0.487. The number of methoxy groups -OCH3 is 1. The SMILES string of the molecule is COc1cccc(-c2n[nH]c(C)c2NC(=O)Nc2cccc(F)c2)c1. The normalized spacial score (nSPS) is 10.4. The van der Waals surface area contributed by atoms with Gasteiger partial charge in [-0.15, -0.1) is 0 Å². The van der Waals surface area contributed by atoms with Crippen LogP contribution >= 0.6 is 0 Å². The van der Waals surface area contributed by atoms with Crippen molar-refractivity contribution in [1.29, 1.82) is 0 Å². The summed E-state index contributed by atoms with van der Waals surface area (Å²) in [6, 6.07) is 12.6. The number of ether oxygens (including phenoxy) is 1. The molecule has 0 unspecified atom stereocenters. The van der Waals surface area contributed by atoms with Crippen molar-refractivity contribution in [2.24, 2.45) is 0 Å². The van der Waals surface area contributed by atoms with Crippen molar-refractivity contribution < 1.29 is 13.9 Å². The zero-order valence-electron chi connectivity index (χ0n) is 13.8. The smallest absolute Gasteiger partial charge is 0.323 e. The number of anilines is 2. The summed E-state index contributed by atoms with van der Waals surface area (Å²) >= 11 is 0. The molecule has 0 bridgehead atoms. The molecule has 0 fully saturated rings. The van der Waals surface area contributed by atoms with E-state index in [0.29, 0.717) is 28.5 Å². The molecule has 0 aliphatic carbocycles. The summed E-state index contributed by atoms with van der Waals surface area (Å²) < 4.78 is 18.4. The van der Waals surface area contributed by atoms with Crippen LogP contribution in [0.3, 0.4) is 0 Å². The number of rotatable bonds is 4. The zero-order chi connectivity index (χ0) is 17.8. The lowest BCUT2D eigenvalue weighted by Crippen LogP contribution is -2.20. The molecule has 0 aliphatic heterocycles. The van der Waals surface area contributed by atoms with Crippen molar-refractivity contribution in [2.75, 3.05) is 17.7 Å². The molecule has 0 radical (unpaired) electrons. The van der Waals surface area contributed by atoms with E-state index in [-0.39, 0.29) is 0 Å². The van der Waals surface area contributed by atoms with E-state index in [1.165, 1.54) is 18.2 Å². The number of carbonyl (C=O) groups is 1. The van der Waals surface area contributed by atoms with Gasteiger partial charge in [-0.1, -0.05) is 18.2 Å². The third-order valence-corrected chi connectivity index (χ3v) is 3.61. The Morgan fingerprint density at radius 2 is 1.96 bits per heavy atom. The summed E-state index contributed by atoms with van der Waals surface area (Å²) in [5.74, 6) is 0.266. The Balaban J connectivity index is 1.83. The van der Waals surface area contributed by atoms with Gasteiger partial charge in [-0.3, -0.25) is 5.10 Å². The lowest BCUT2D eigenvalue weighted by Gasteiger charge is -2.09. The van der Waals surface area contributed by atoms with Crippen LogP contribution in [0.5, 0.6) is 5.75 Å². The molecular weight excluding hydrogens is 323 g/mol. The maximum absolute atomic E-state index is 13.2. The van der Waals surface area contributed by atoms with Crippen LogP contribution in [-0.2, 0) is 0 Å². The number of nitrogens with one attached hydrogen (secondary N) is 3. The fourth-order valence-corrected chi connectivity index (χ4v) is 2.40. The largest absolute Gasteiger partial charge is 0.497 e. The molecule has 1 heterocycles. The van der Waals surface area contributed by atoms with E-state index in [9.17, 15) is 9.18 Å². The number of H-pyrrole nitrogens is 1. The van der Waals surface area contributed by atoms with Gasteiger partial charge in [0.15, 0.2) is 0 Å². The van der Waals surface area contributed by atoms with Gasteiger partial charge >= 0.3 is 6.03 Å². The number of hydrogen-bond donors (Lipinski definition) is 3. The highest BCUT2D eigenvalue weighted by Crippen LogP contribution is 2.30. The molecule has 0 saturated carbocycles. The lowest BCUT2D eigenvalue weighted by molar-refractivity contribution is 0.262. The minimum Gasteiger partial charge on any atom is -0.497 e. The number of carbonyl (C=O) groups excluding carboxylic acids is 1. The lowest BCUT2D eigenvalue weighted by atomic mass is 10.1. The first kappa shape index (κ1) is 16.5. The minimum absolute atomic E-state index is 0.363. The number of halogens is 1. The van der Waals surface area contributed by atoms with Gasteiger partial charge in [0.25, 0.3) is 0 Å². The molecule has 0 aliphatic rings. The Hall–Kier alpha value is -3.35. The summed E-state index contributed by atoms with van der Waals surface area (Å²) in [7, 11) is 1.58. The summed E-state index contributed by atoms with van der Waals surface area (Å²) in [5, 5.41) is 12.5. The van der Waals surface area contributed by atoms with Gasteiger partial charge in [-0.25, -0.2) is 9.18 Å². The highest BCUT2D eigenvalue weighted by Gasteiger charge is 2.15. The molecule has 6 nitrogen and oxygen atoms in total. The van der Waals surface area contributed by atoms with Gasteiger partial charge in [0.05, 0.1) is 18.5 Å². The van der Waals surface area contributed by atoms with Crippen LogP contribution in [0.2, 0.25) is 0 Å². The van der Waals surface area contributed by atoms with Crippen molar-refractivity contribution in [3.63, 3.8) is 0 Å². The number of urea groups is 1. The van der Waals surface area contributed by atoms with Crippen LogP contribution in [0.25, 0.3) is 11.3 Å². The molecule has 0 spiro atoms. The predicted octanol–water partition coefficient (Wildman–Crippen LogP) is 4.18. The van der Waals surface area contributed by atoms with Gasteiger partial charge in [-0.2, -0.15) is 5.10 Å². The molecule has 0 atom stereocenters. The first-order valence-electron chi connectivity index (χ1n) is 7.60. The van der Waals surface area contributed by atoms with E-state index >= 15 is 0 Å². The highest BCUT2D eigenvalue weighted by atomic mass is 19.1.